The zero-order chi connectivity index (χ0) is 16.2. The summed E-state index contributed by atoms with van der Waals surface area (Å²) < 4.78 is 0. The van der Waals surface area contributed by atoms with Crippen molar-refractivity contribution < 1.29 is 0 Å². The van der Waals surface area contributed by atoms with Gasteiger partial charge in [0.1, 0.15) is 5.01 Å². The van der Waals surface area contributed by atoms with Gasteiger partial charge in [-0.3, -0.25) is 0 Å². The summed E-state index contributed by atoms with van der Waals surface area (Å²) in [5.74, 6) is 0.176. The van der Waals surface area contributed by atoms with Crippen LogP contribution in [0.5, 0.6) is 0 Å². The molecule has 0 bridgehead atoms. The van der Waals surface area contributed by atoms with Crippen LogP contribution in [0, 0.1) is 0 Å². The highest BCUT2D eigenvalue weighted by atomic mass is 32.1. The Morgan fingerprint density at radius 3 is 1.67 bits per heavy atom. The van der Waals surface area contributed by atoms with Crippen molar-refractivity contribution in [2.45, 2.75) is 5.92 Å². The van der Waals surface area contributed by atoms with E-state index in [4.69, 9.17) is 4.98 Å². The molecular formula is C22H17NS. The zero-order valence-electron chi connectivity index (χ0n) is 13.2. The van der Waals surface area contributed by atoms with Crippen LogP contribution in [0.4, 0.5) is 0 Å². The lowest BCUT2D eigenvalue weighted by Crippen LogP contribution is -2.02. The van der Waals surface area contributed by atoms with Crippen LogP contribution in [0.15, 0.2) is 96.4 Å². The summed E-state index contributed by atoms with van der Waals surface area (Å²) in [6.45, 7) is 0. The van der Waals surface area contributed by atoms with Gasteiger partial charge < -0.3 is 0 Å². The van der Waals surface area contributed by atoms with Crippen LogP contribution in [-0.4, -0.2) is 4.98 Å². The van der Waals surface area contributed by atoms with Crippen molar-refractivity contribution in [3.05, 3.63) is 113 Å². The van der Waals surface area contributed by atoms with Gasteiger partial charge in [0.15, 0.2) is 0 Å². The van der Waals surface area contributed by atoms with Gasteiger partial charge in [-0.25, -0.2) is 4.98 Å². The van der Waals surface area contributed by atoms with Crippen molar-refractivity contribution in [2.75, 3.05) is 0 Å². The monoisotopic (exact) mass is 327 g/mol. The number of aromatic nitrogens is 1. The van der Waals surface area contributed by atoms with Gasteiger partial charge in [0.2, 0.25) is 0 Å². The second kappa shape index (κ2) is 6.81. The molecule has 0 N–H and O–H groups in total. The van der Waals surface area contributed by atoms with Crippen molar-refractivity contribution >= 4 is 11.3 Å². The van der Waals surface area contributed by atoms with E-state index in [-0.39, 0.29) is 5.92 Å². The summed E-state index contributed by atoms with van der Waals surface area (Å²) in [5, 5.41) is 3.29. The first kappa shape index (κ1) is 14.9. The Kier molecular flexibility index (Phi) is 4.22. The van der Waals surface area contributed by atoms with Crippen molar-refractivity contribution in [1.82, 2.24) is 4.98 Å². The summed E-state index contributed by atoms with van der Waals surface area (Å²) in [6, 6.07) is 31.6. The number of rotatable bonds is 4. The number of hydrogen-bond acceptors (Lipinski definition) is 2. The van der Waals surface area contributed by atoms with Crippen molar-refractivity contribution in [3.8, 4) is 11.3 Å². The summed E-state index contributed by atoms with van der Waals surface area (Å²) in [4.78, 5) is 4.95. The molecule has 0 aliphatic rings. The molecule has 0 spiro atoms. The van der Waals surface area contributed by atoms with E-state index >= 15 is 0 Å². The number of hydrogen-bond donors (Lipinski definition) is 0. The van der Waals surface area contributed by atoms with Gasteiger partial charge >= 0.3 is 0 Å². The van der Waals surface area contributed by atoms with Crippen LogP contribution in [0.1, 0.15) is 22.1 Å². The lowest BCUT2D eigenvalue weighted by molar-refractivity contribution is 0.957. The fourth-order valence-electron chi connectivity index (χ4n) is 2.93. The van der Waals surface area contributed by atoms with Gasteiger partial charge in [-0.2, -0.15) is 0 Å². The van der Waals surface area contributed by atoms with E-state index in [1.54, 1.807) is 11.3 Å². The number of thiazole rings is 1. The molecule has 116 valence electrons. The Morgan fingerprint density at radius 1 is 0.625 bits per heavy atom. The van der Waals surface area contributed by atoms with E-state index in [2.05, 4.69) is 90.3 Å². The number of nitrogens with zero attached hydrogens (tertiary/aromatic N) is 1. The first-order chi connectivity index (χ1) is 11.9. The van der Waals surface area contributed by atoms with Gasteiger partial charge in [0.25, 0.3) is 0 Å². The molecule has 3 aromatic carbocycles. The molecule has 1 aromatic heterocycles. The largest absolute Gasteiger partial charge is 0.240 e. The van der Waals surface area contributed by atoms with Crippen LogP contribution in [0.25, 0.3) is 11.3 Å². The Hall–Kier alpha value is -2.71. The SMILES string of the molecule is c1ccc(-c2csc(C(c3ccccc3)c3ccccc3)n2)cc1. The minimum Gasteiger partial charge on any atom is -0.240 e. The molecule has 1 heterocycles. The minimum absolute atomic E-state index is 0.176. The molecule has 0 unspecified atom stereocenters. The van der Waals surface area contributed by atoms with Gasteiger partial charge in [-0.15, -0.1) is 11.3 Å². The first-order valence-corrected chi connectivity index (χ1v) is 8.90. The van der Waals surface area contributed by atoms with E-state index in [0.29, 0.717) is 0 Å². The third kappa shape index (κ3) is 3.01. The van der Waals surface area contributed by atoms with E-state index in [0.717, 1.165) is 10.7 Å². The van der Waals surface area contributed by atoms with Crippen LogP contribution >= 0.6 is 11.3 Å². The van der Waals surface area contributed by atoms with Crippen molar-refractivity contribution in [1.29, 1.82) is 0 Å². The normalized spacial score (nSPS) is 10.9. The van der Waals surface area contributed by atoms with Crippen LogP contribution < -0.4 is 0 Å². The second-order valence-electron chi connectivity index (χ2n) is 5.69. The average Bonchev–Trinajstić information content (AvgIpc) is 3.14. The molecule has 2 heteroatoms. The molecule has 0 aliphatic heterocycles. The molecule has 0 fully saturated rings. The zero-order valence-corrected chi connectivity index (χ0v) is 14.0. The maximum atomic E-state index is 4.95. The summed E-state index contributed by atoms with van der Waals surface area (Å²) in [5.41, 5.74) is 4.77. The van der Waals surface area contributed by atoms with Gasteiger partial charge in [-0.05, 0) is 11.1 Å². The highest BCUT2D eigenvalue weighted by Gasteiger charge is 2.20. The average molecular weight is 327 g/mol. The molecule has 0 saturated heterocycles. The maximum Gasteiger partial charge on any atom is 0.105 e. The van der Waals surface area contributed by atoms with E-state index in [1.165, 1.54) is 16.7 Å². The molecule has 4 rings (SSSR count). The van der Waals surface area contributed by atoms with Crippen molar-refractivity contribution in [2.24, 2.45) is 0 Å². The molecule has 4 aromatic rings. The molecule has 0 atom stereocenters. The van der Waals surface area contributed by atoms with Crippen LogP contribution in [-0.2, 0) is 0 Å². The van der Waals surface area contributed by atoms with E-state index < -0.39 is 0 Å². The lowest BCUT2D eigenvalue weighted by Gasteiger charge is -2.15. The van der Waals surface area contributed by atoms with E-state index in [9.17, 15) is 0 Å². The maximum absolute atomic E-state index is 4.95. The predicted octanol–water partition coefficient (Wildman–Crippen LogP) is 5.99. The molecule has 24 heavy (non-hydrogen) atoms. The summed E-state index contributed by atoms with van der Waals surface area (Å²) >= 11 is 1.73. The highest BCUT2D eigenvalue weighted by molar-refractivity contribution is 7.10. The fourth-order valence-corrected chi connectivity index (χ4v) is 3.91. The third-order valence-corrected chi connectivity index (χ3v) is 5.01. The molecular weight excluding hydrogens is 310 g/mol. The molecule has 0 saturated carbocycles. The Labute approximate surface area is 146 Å². The summed E-state index contributed by atoms with van der Waals surface area (Å²) in [7, 11) is 0. The minimum atomic E-state index is 0.176. The summed E-state index contributed by atoms with van der Waals surface area (Å²) in [6.07, 6.45) is 0. The standard InChI is InChI=1S/C22H17NS/c1-4-10-17(11-5-1)20-16-24-22(23-20)21(18-12-6-2-7-13-18)19-14-8-3-9-15-19/h1-16,21H. The first-order valence-electron chi connectivity index (χ1n) is 8.02. The second-order valence-corrected chi connectivity index (χ2v) is 6.58. The number of benzene rings is 3. The van der Waals surface area contributed by atoms with Gasteiger partial charge in [-0.1, -0.05) is 91.0 Å². The lowest BCUT2D eigenvalue weighted by atomic mass is 9.92. The van der Waals surface area contributed by atoms with Crippen LogP contribution in [0.3, 0.4) is 0 Å². The quantitative estimate of drug-likeness (QED) is 0.448. The molecule has 0 amide bonds. The van der Waals surface area contributed by atoms with Crippen molar-refractivity contribution in [3.63, 3.8) is 0 Å². The smallest absolute Gasteiger partial charge is 0.105 e. The van der Waals surface area contributed by atoms with E-state index in [1.807, 2.05) is 6.07 Å². The fraction of sp³-hybridized carbons (Fsp3) is 0.0455. The Bertz CT molecular complexity index is 859. The highest BCUT2D eigenvalue weighted by Crippen LogP contribution is 2.35. The third-order valence-electron chi connectivity index (χ3n) is 4.10. The topological polar surface area (TPSA) is 12.9 Å². The Balaban J connectivity index is 1.79. The van der Waals surface area contributed by atoms with Gasteiger partial charge in [0, 0.05) is 10.9 Å². The van der Waals surface area contributed by atoms with Crippen LogP contribution in [0.2, 0.25) is 0 Å². The predicted molar refractivity (Wildman–Crippen MR) is 101 cm³/mol. The molecule has 1 nitrogen and oxygen atoms in total. The molecule has 0 aliphatic carbocycles. The van der Waals surface area contributed by atoms with Gasteiger partial charge in [0.05, 0.1) is 11.6 Å². The Morgan fingerprint density at radius 2 is 1.12 bits per heavy atom. The molecule has 0 radical (unpaired) electrons.